The minimum absolute atomic E-state index is 0.0262. The zero-order valence-corrected chi connectivity index (χ0v) is 17.4. The zero-order chi connectivity index (χ0) is 19.7. The lowest BCUT2D eigenvalue weighted by atomic mass is 9.92. The summed E-state index contributed by atoms with van der Waals surface area (Å²) >= 11 is 0. The fraction of sp³-hybridized carbons (Fsp3) is 0.636. The fourth-order valence-electron chi connectivity index (χ4n) is 3.11. The van der Waals surface area contributed by atoms with Crippen LogP contribution in [0.5, 0.6) is 0 Å². The Labute approximate surface area is 159 Å². The molecule has 1 aromatic rings. The molecule has 26 heavy (non-hydrogen) atoms. The van der Waals surface area contributed by atoms with E-state index in [2.05, 4.69) is 58.1 Å². The second-order valence-corrected chi connectivity index (χ2v) is 7.63. The molecule has 2 amide bonds. The lowest BCUT2D eigenvalue weighted by molar-refractivity contribution is -0.129. The van der Waals surface area contributed by atoms with Crippen molar-refractivity contribution >= 4 is 17.5 Å². The molecule has 1 rings (SSSR count). The molecule has 0 aliphatic heterocycles. The van der Waals surface area contributed by atoms with Crippen molar-refractivity contribution in [3.05, 3.63) is 29.3 Å². The van der Waals surface area contributed by atoms with Gasteiger partial charge in [-0.1, -0.05) is 65.7 Å². The molecule has 0 aliphatic carbocycles. The van der Waals surface area contributed by atoms with Crippen molar-refractivity contribution in [2.45, 2.75) is 79.1 Å². The van der Waals surface area contributed by atoms with E-state index in [0.29, 0.717) is 24.8 Å². The van der Waals surface area contributed by atoms with Gasteiger partial charge in [0, 0.05) is 32.1 Å². The number of unbranched alkanes of at least 4 members (excludes halogenated alkanes) is 2. The van der Waals surface area contributed by atoms with Crippen molar-refractivity contribution in [3.63, 3.8) is 0 Å². The molecule has 0 saturated heterocycles. The molecule has 0 fully saturated rings. The molecule has 0 unspecified atom stereocenters. The second kappa shape index (κ2) is 11.0. The maximum absolute atomic E-state index is 12.6. The highest BCUT2D eigenvalue weighted by Crippen LogP contribution is 2.32. The normalized spacial score (nSPS) is 11.1. The molecule has 4 nitrogen and oxygen atoms in total. The van der Waals surface area contributed by atoms with Crippen LogP contribution >= 0.6 is 0 Å². The summed E-state index contributed by atoms with van der Waals surface area (Å²) in [7, 11) is 0. The number of benzene rings is 1. The Hall–Kier alpha value is -1.84. The van der Waals surface area contributed by atoms with E-state index in [1.165, 1.54) is 0 Å². The standard InChI is InChI=1S/C22H36N2O2/c1-7-8-9-14-24(18(6)25)15-13-21(26)23-22-19(16(2)3)11-10-12-20(22)17(4)5/h10-12,16-17H,7-9,13-15H2,1-6H3,(H,23,26). The zero-order valence-electron chi connectivity index (χ0n) is 17.4. The smallest absolute Gasteiger partial charge is 0.226 e. The average Bonchev–Trinajstić information content (AvgIpc) is 2.57. The highest BCUT2D eigenvalue weighted by atomic mass is 16.2. The van der Waals surface area contributed by atoms with Crippen molar-refractivity contribution in [3.8, 4) is 0 Å². The Balaban J connectivity index is 2.79. The second-order valence-electron chi connectivity index (χ2n) is 7.63. The summed E-state index contributed by atoms with van der Waals surface area (Å²) in [6, 6.07) is 6.23. The Morgan fingerprint density at radius 2 is 1.58 bits per heavy atom. The fourth-order valence-corrected chi connectivity index (χ4v) is 3.11. The summed E-state index contributed by atoms with van der Waals surface area (Å²) in [5.74, 6) is 0.694. The molecule has 0 aromatic heterocycles. The molecule has 146 valence electrons. The summed E-state index contributed by atoms with van der Waals surface area (Å²) in [5.41, 5.74) is 3.27. The largest absolute Gasteiger partial charge is 0.342 e. The van der Waals surface area contributed by atoms with E-state index in [0.717, 1.165) is 42.6 Å². The number of para-hydroxylation sites is 1. The van der Waals surface area contributed by atoms with Crippen LogP contribution in [0.4, 0.5) is 5.69 Å². The van der Waals surface area contributed by atoms with Gasteiger partial charge >= 0.3 is 0 Å². The van der Waals surface area contributed by atoms with Crippen LogP contribution in [0.15, 0.2) is 18.2 Å². The predicted molar refractivity (Wildman–Crippen MR) is 110 cm³/mol. The number of nitrogens with one attached hydrogen (secondary N) is 1. The molecule has 0 radical (unpaired) electrons. The van der Waals surface area contributed by atoms with Gasteiger partial charge < -0.3 is 10.2 Å². The van der Waals surface area contributed by atoms with Gasteiger partial charge in [0.05, 0.1) is 0 Å². The minimum atomic E-state index is -0.0262. The Kier molecular flexibility index (Phi) is 9.39. The van der Waals surface area contributed by atoms with Gasteiger partial charge in [-0.3, -0.25) is 9.59 Å². The first-order valence-electron chi connectivity index (χ1n) is 9.96. The van der Waals surface area contributed by atoms with Crippen molar-refractivity contribution < 1.29 is 9.59 Å². The van der Waals surface area contributed by atoms with Gasteiger partial charge in [0.25, 0.3) is 0 Å². The van der Waals surface area contributed by atoms with Crippen LogP contribution in [0, 0.1) is 0 Å². The molecule has 0 aliphatic rings. The molecule has 1 N–H and O–H groups in total. The number of nitrogens with zero attached hydrogens (tertiary/aromatic N) is 1. The lowest BCUT2D eigenvalue weighted by Crippen LogP contribution is -2.33. The number of carbonyl (C=O) groups excluding carboxylic acids is 2. The van der Waals surface area contributed by atoms with Crippen molar-refractivity contribution in [1.82, 2.24) is 4.90 Å². The van der Waals surface area contributed by atoms with Crippen LogP contribution in [0.1, 0.15) is 90.2 Å². The number of rotatable bonds is 10. The molecule has 4 heteroatoms. The maximum Gasteiger partial charge on any atom is 0.226 e. The van der Waals surface area contributed by atoms with Gasteiger partial charge in [0.2, 0.25) is 11.8 Å². The third-order valence-electron chi connectivity index (χ3n) is 4.72. The Bertz CT molecular complexity index is 568. The van der Waals surface area contributed by atoms with Crippen molar-refractivity contribution in [2.75, 3.05) is 18.4 Å². The van der Waals surface area contributed by atoms with E-state index in [9.17, 15) is 9.59 Å². The van der Waals surface area contributed by atoms with E-state index in [4.69, 9.17) is 0 Å². The van der Waals surface area contributed by atoms with Crippen molar-refractivity contribution in [1.29, 1.82) is 0 Å². The summed E-state index contributed by atoms with van der Waals surface area (Å²) in [6.07, 6.45) is 3.55. The molecule has 1 aromatic carbocycles. The van der Waals surface area contributed by atoms with Gasteiger partial charge in [-0.05, 0) is 29.4 Å². The molecule has 0 spiro atoms. The molecule has 0 saturated carbocycles. The number of anilines is 1. The van der Waals surface area contributed by atoms with Gasteiger partial charge in [0.1, 0.15) is 0 Å². The van der Waals surface area contributed by atoms with Gasteiger partial charge in [-0.15, -0.1) is 0 Å². The lowest BCUT2D eigenvalue weighted by Gasteiger charge is -2.22. The first-order valence-corrected chi connectivity index (χ1v) is 9.96. The molecule has 0 heterocycles. The highest BCUT2D eigenvalue weighted by Gasteiger charge is 2.17. The minimum Gasteiger partial charge on any atom is -0.342 e. The molecular formula is C22H36N2O2. The van der Waals surface area contributed by atoms with Gasteiger partial charge in [0.15, 0.2) is 0 Å². The number of hydrogen-bond acceptors (Lipinski definition) is 2. The van der Waals surface area contributed by atoms with Crippen LogP contribution < -0.4 is 5.32 Å². The quantitative estimate of drug-likeness (QED) is 0.576. The van der Waals surface area contributed by atoms with Crippen LogP contribution in [0.25, 0.3) is 0 Å². The number of hydrogen-bond donors (Lipinski definition) is 1. The van der Waals surface area contributed by atoms with E-state index in [1.54, 1.807) is 11.8 Å². The third-order valence-corrected chi connectivity index (χ3v) is 4.72. The van der Waals surface area contributed by atoms with Crippen LogP contribution in [-0.2, 0) is 9.59 Å². The summed E-state index contributed by atoms with van der Waals surface area (Å²) < 4.78 is 0. The van der Waals surface area contributed by atoms with Gasteiger partial charge in [-0.2, -0.15) is 0 Å². The SMILES string of the molecule is CCCCCN(CCC(=O)Nc1c(C(C)C)cccc1C(C)C)C(C)=O. The highest BCUT2D eigenvalue weighted by molar-refractivity contribution is 5.93. The van der Waals surface area contributed by atoms with E-state index < -0.39 is 0 Å². The van der Waals surface area contributed by atoms with E-state index in [-0.39, 0.29) is 11.8 Å². The average molecular weight is 361 g/mol. The molecule has 0 bridgehead atoms. The first-order chi connectivity index (χ1) is 12.3. The van der Waals surface area contributed by atoms with Crippen LogP contribution in [0.3, 0.4) is 0 Å². The summed E-state index contributed by atoms with van der Waals surface area (Å²) in [6.45, 7) is 13.5. The summed E-state index contributed by atoms with van der Waals surface area (Å²) in [5, 5.41) is 3.13. The van der Waals surface area contributed by atoms with Gasteiger partial charge in [-0.25, -0.2) is 0 Å². The topological polar surface area (TPSA) is 49.4 Å². The Morgan fingerprint density at radius 3 is 2.04 bits per heavy atom. The van der Waals surface area contributed by atoms with E-state index >= 15 is 0 Å². The molecular weight excluding hydrogens is 324 g/mol. The Morgan fingerprint density at radius 1 is 1.00 bits per heavy atom. The predicted octanol–water partition coefficient (Wildman–Crippen LogP) is 5.30. The van der Waals surface area contributed by atoms with Crippen LogP contribution in [-0.4, -0.2) is 29.8 Å². The maximum atomic E-state index is 12.6. The third kappa shape index (κ3) is 6.81. The monoisotopic (exact) mass is 360 g/mol. The van der Waals surface area contributed by atoms with E-state index in [1.807, 2.05) is 0 Å². The molecule has 0 atom stereocenters. The van der Waals surface area contributed by atoms with Crippen LogP contribution in [0.2, 0.25) is 0 Å². The number of amides is 2. The first kappa shape index (κ1) is 22.2. The van der Waals surface area contributed by atoms with Crippen molar-refractivity contribution in [2.24, 2.45) is 0 Å². The summed E-state index contributed by atoms with van der Waals surface area (Å²) in [4.78, 5) is 26.1. The number of carbonyl (C=O) groups is 2.